The largest absolute Gasteiger partial charge is 0.397 e. The summed E-state index contributed by atoms with van der Waals surface area (Å²) in [5.41, 5.74) is 7.20. The van der Waals surface area contributed by atoms with E-state index in [1.807, 2.05) is 20.2 Å². The van der Waals surface area contributed by atoms with E-state index in [1.165, 1.54) is 0 Å². The van der Waals surface area contributed by atoms with Crippen LogP contribution in [-0.2, 0) is 4.74 Å². The first kappa shape index (κ1) is 12.7. The molecule has 0 saturated carbocycles. The van der Waals surface area contributed by atoms with Gasteiger partial charge in [0.1, 0.15) is 0 Å². The van der Waals surface area contributed by atoms with E-state index < -0.39 is 0 Å². The third-order valence-electron chi connectivity index (χ3n) is 2.02. The SMILES string of the molecule is CN(C)CCOCCNc1cncc(N)c1. The van der Waals surface area contributed by atoms with Crippen molar-refractivity contribution in [1.82, 2.24) is 9.88 Å². The molecule has 0 aliphatic carbocycles. The van der Waals surface area contributed by atoms with Gasteiger partial charge in [-0.3, -0.25) is 4.98 Å². The minimum Gasteiger partial charge on any atom is -0.397 e. The third kappa shape index (κ3) is 5.53. The maximum Gasteiger partial charge on any atom is 0.0639 e. The molecule has 5 heteroatoms. The molecule has 0 aliphatic heterocycles. The molecule has 90 valence electrons. The summed E-state index contributed by atoms with van der Waals surface area (Å²) in [4.78, 5) is 6.08. The Morgan fingerprint density at radius 3 is 2.88 bits per heavy atom. The van der Waals surface area contributed by atoms with Crippen molar-refractivity contribution in [3.63, 3.8) is 0 Å². The maximum absolute atomic E-state index is 5.60. The fourth-order valence-corrected chi connectivity index (χ4v) is 1.17. The summed E-state index contributed by atoms with van der Waals surface area (Å²) in [7, 11) is 4.06. The lowest BCUT2D eigenvalue weighted by molar-refractivity contribution is 0.126. The highest BCUT2D eigenvalue weighted by molar-refractivity contribution is 5.51. The van der Waals surface area contributed by atoms with E-state index in [4.69, 9.17) is 10.5 Å². The Morgan fingerprint density at radius 1 is 1.38 bits per heavy atom. The number of hydrogen-bond acceptors (Lipinski definition) is 5. The Bertz CT molecular complexity index is 304. The number of likely N-dealkylation sites (N-methyl/N-ethyl adjacent to an activating group) is 1. The van der Waals surface area contributed by atoms with Gasteiger partial charge in [-0.15, -0.1) is 0 Å². The summed E-state index contributed by atoms with van der Waals surface area (Å²) in [5, 5.41) is 3.19. The van der Waals surface area contributed by atoms with E-state index in [2.05, 4.69) is 15.2 Å². The van der Waals surface area contributed by atoms with Crippen molar-refractivity contribution in [3.05, 3.63) is 18.5 Å². The molecular formula is C11H20N4O. The number of nitrogens with one attached hydrogen (secondary N) is 1. The van der Waals surface area contributed by atoms with Crippen LogP contribution in [0.25, 0.3) is 0 Å². The highest BCUT2D eigenvalue weighted by Gasteiger charge is 1.94. The maximum atomic E-state index is 5.60. The number of anilines is 2. The lowest BCUT2D eigenvalue weighted by Gasteiger charge is -2.10. The zero-order valence-corrected chi connectivity index (χ0v) is 9.94. The van der Waals surface area contributed by atoms with E-state index in [1.54, 1.807) is 12.4 Å². The molecule has 3 N–H and O–H groups in total. The lowest BCUT2D eigenvalue weighted by Crippen LogP contribution is -2.20. The summed E-state index contributed by atoms with van der Waals surface area (Å²) < 4.78 is 5.44. The van der Waals surface area contributed by atoms with Crippen molar-refractivity contribution in [2.24, 2.45) is 0 Å². The van der Waals surface area contributed by atoms with Crippen LogP contribution in [0.3, 0.4) is 0 Å². The van der Waals surface area contributed by atoms with Crippen molar-refractivity contribution in [2.75, 3.05) is 51.4 Å². The summed E-state index contributed by atoms with van der Waals surface area (Å²) >= 11 is 0. The van der Waals surface area contributed by atoms with Crippen LogP contribution in [0.5, 0.6) is 0 Å². The molecule has 0 aliphatic rings. The predicted molar refractivity (Wildman–Crippen MR) is 66.5 cm³/mol. The van der Waals surface area contributed by atoms with E-state index in [0.717, 1.165) is 25.4 Å². The molecule has 0 radical (unpaired) electrons. The molecule has 0 amide bonds. The van der Waals surface area contributed by atoms with Gasteiger partial charge in [0.25, 0.3) is 0 Å². The highest BCUT2D eigenvalue weighted by Crippen LogP contribution is 2.08. The number of nitrogen functional groups attached to an aromatic ring is 1. The number of nitrogens with two attached hydrogens (primary N) is 1. The molecule has 1 heterocycles. The topological polar surface area (TPSA) is 63.4 Å². The molecule has 1 aromatic rings. The number of rotatable bonds is 7. The van der Waals surface area contributed by atoms with Crippen LogP contribution >= 0.6 is 0 Å². The Morgan fingerprint density at radius 2 is 2.19 bits per heavy atom. The van der Waals surface area contributed by atoms with Gasteiger partial charge < -0.3 is 20.7 Å². The number of pyridine rings is 1. The van der Waals surface area contributed by atoms with Gasteiger partial charge in [-0.05, 0) is 20.2 Å². The average molecular weight is 224 g/mol. The fourth-order valence-electron chi connectivity index (χ4n) is 1.17. The first-order valence-corrected chi connectivity index (χ1v) is 5.35. The van der Waals surface area contributed by atoms with Crippen LogP contribution in [0.15, 0.2) is 18.5 Å². The van der Waals surface area contributed by atoms with Gasteiger partial charge in [0.2, 0.25) is 0 Å². The molecule has 0 spiro atoms. The van der Waals surface area contributed by atoms with E-state index in [0.29, 0.717) is 12.3 Å². The van der Waals surface area contributed by atoms with Crippen molar-refractivity contribution < 1.29 is 4.74 Å². The van der Waals surface area contributed by atoms with Crippen LogP contribution in [0.1, 0.15) is 0 Å². The summed E-state index contributed by atoms with van der Waals surface area (Å²) in [6.45, 7) is 3.14. The third-order valence-corrected chi connectivity index (χ3v) is 2.02. The van der Waals surface area contributed by atoms with Crippen LogP contribution in [0, 0.1) is 0 Å². The molecular weight excluding hydrogens is 204 g/mol. The van der Waals surface area contributed by atoms with Gasteiger partial charge in [0.15, 0.2) is 0 Å². The van der Waals surface area contributed by atoms with Crippen LogP contribution in [-0.4, -0.2) is 50.3 Å². The quantitative estimate of drug-likeness (QED) is 0.666. The number of hydrogen-bond donors (Lipinski definition) is 2. The van der Waals surface area contributed by atoms with Gasteiger partial charge in [-0.25, -0.2) is 0 Å². The molecule has 0 aromatic carbocycles. The highest BCUT2D eigenvalue weighted by atomic mass is 16.5. The Kier molecular flexibility index (Phi) is 5.60. The van der Waals surface area contributed by atoms with Gasteiger partial charge in [-0.1, -0.05) is 0 Å². The van der Waals surface area contributed by atoms with Gasteiger partial charge >= 0.3 is 0 Å². The Balaban J connectivity index is 2.07. The molecule has 16 heavy (non-hydrogen) atoms. The minimum absolute atomic E-state index is 0.665. The molecule has 1 rings (SSSR count). The zero-order chi connectivity index (χ0) is 11.8. The normalized spacial score (nSPS) is 10.7. The first-order chi connectivity index (χ1) is 7.68. The Hall–Kier alpha value is -1.33. The second-order valence-electron chi connectivity index (χ2n) is 3.85. The zero-order valence-electron chi connectivity index (χ0n) is 9.94. The van der Waals surface area contributed by atoms with Crippen LogP contribution in [0.4, 0.5) is 11.4 Å². The summed E-state index contributed by atoms with van der Waals surface area (Å²) in [6, 6.07) is 1.85. The predicted octanol–water partition coefficient (Wildman–Crippen LogP) is 0.654. The minimum atomic E-state index is 0.665. The molecule has 0 saturated heterocycles. The number of nitrogens with zero attached hydrogens (tertiary/aromatic N) is 2. The van der Waals surface area contributed by atoms with Crippen molar-refractivity contribution in [3.8, 4) is 0 Å². The van der Waals surface area contributed by atoms with E-state index in [-0.39, 0.29) is 0 Å². The summed E-state index contributed by atoms with van der Waals surface area (Å²) in [5.74, 6) is 0. The summed E-state index contributed by atoms with van der Waals surface area (Å²) in [6.07, 6.45) is 3.37. The molecule has 0 fully saturated rings. The van der Waals surface area contributed by atoms with Gasteiger partial charge in [0.05, 0.1) is 30.8 Å². The Labute approximate surface area is 96.6 Å². The molecule has 1 aromatic heterocycles. The van der Waals surface area contributed by atoms with E-state index in [9.17, 15) is 0 Å². The lowest BCUT2D eigenvalue weighted by atomic mass is 10.4. The van der Waals surface area contributed by atoms with Crippen molar-refractivity contribution in [2.45, 2.75) is 0 Å². The second-order valence-corrected chi connectivity index (χ2v) is 3.85. The molecule has 0 unspecified atom stereocenters. The smallest absolute Gasteiger partial charge is 0.0639 e. The second kappa shape index (κ2) is 7.03. The van der Waals surface area contributed by atoms with Gasteiger partial charge in [0, 0.05) is 19.3 Å². The first-order valence-electron chi connectivity index (χ1n) is 5.35. The number of ether oxygens (including phenoxy) is 1. The van der Waals surface area contributed by atoms with E-state index >= 15 is 0 Å². The van der Waals surface area contributed by atoms with Crippen LogP contribution < -0.4 is 11.1 Å². The van der Waals surface area contributed by atoms with Gasteiger partial charge in [-0.2, -0.15) is 0 Å². The molecule has 0 atom stereocenters. The monoisotopic (exact) mass is 224 g/mol. The van der Waals surface area contributed by atoms with Crippen LogP contribution in [0.2, 0.25) is 0 Å². The fraction of sp³-hybridized carbons (Fsp3) is 0.545. The molecule has 0 bridgehead atoms. The average Bonchev–Trinajstić information content (AvgIpc) is 2.23. The van der Waals surface area contributed by atoms with Crippen molar-refractivity contribution >= 4 is 11.4 Å². The molecule has 5 nitrogen and oxygen atoms in total. The number of aromatic nitrogens is 1. The van der Waals surface area contributed by atoms with Crippen molar-refractivity contribution in [1.29, 1.82) is 0 Å². The standard InChI is InChI=1S/C11H20N4O/c1-15(2)4-6-16-5-3-14-11-7-10(12)8-13-9-11/h7-9,14H,3-6,12H2,1-2H3.